The lowest BCUT2D eigenvalue weighted by atomic mass is 9.94. The number of alkyl halides is 6. The number of rotatable bonds is 6. The summed E-state index contributed by atoms with van der Waals surface area (Å²) in [7, 11) is -6.38. The maximum atomic E-state index is 14.7. The van der Waals surface area contributed by atoms with Gasteiger partial charge in [-0.1, -0.05) is 53.0 Å². The third kappa shape index (κ3) is 6.51. The second-order valence-electron chi connectivity index (χ2n) is 11.1. The van der Waals surface area contributed by atoms with Crippen LogP contribution in [0.5, 0.6) is 5.75 Å². The molecule has 2 aliphatic rings. The van der Waals surface area contributed by atoms with Gasteiger partial charge in [-0.05, 0) is 75.2 Å². The van der Waals surface area contributed by atoms with Gasteiger partial charge in [0.25, 0.3) is 9.84 Å². The van der Waals surface area contributed by atoms with Crippen molar-refractivity contribution in [2.75, 3.05) is 0 Å². The number of fused-ring (bicyclic) bond motifs is 2. The largest absolute Gasteiger partial charge is 0.772 e. The van der Waals surface area contributed by atoms with Crippen LogP contribution in [0.15, 0.2) is 76.0 Å². The van der Waals surface area contributed by atoms with Crippen molar-refractivity contribution < 1.29 is 48.3 Å². The van der Waals surface area contributed by atoms with E-state index in [1.54, 1.807) is 31.2 Å². The number of nitrogens with zero attached hydrogens (tertiary/aromatic N) is 4. The zero-order valence-electron chi connectivity index (χ0n) is 25.7. The number of benzene rings is 3. The maximum Gasteiger partial charge on any atom is 0.573 e. The molecular formula is C34H17F6N4O5S2-. The highest BCUT2D eigenvalue weighted by molar-refractivity contribution is 7.92. The molecule has 9 nitrogen and oxygen atoms in total. The molecule has 5 rings (SSSR count). The van der Waals surface area contributed by atoms with E-state index in [-0.39, 0.29) is 44.5 Å². The van der Waals surface area contributed by atoms with Crippen LogP contribution < -0.4 is 15.2 Å². The van der Waals surface area contributed by atoms with Crippen LogP contribution in [0.2, 0.25) is 0 Å². The molecule has 0 heterocycles. The lowest BCUT2D eigenvalue weighted by molar-refractivity contribution is -0.274. The Bertz CT molecular complexity index is 2500. The molecule has 51 heavy (non-hydrogen) atoms. The number of ether oxygens (including phenoxy) is 1. The first-order chi connectivity index (χ1) is 23.9. The van der Waals surface area contributed by atoms with Gasteiger partial charge in [0, 0.05) is 17.4 Å². The molecule has 0 radical (unpaired) electrons. The Labute approximate surface area is 288 Å². The van der Waals surface area contributed by atoms with Crippen molar-refractivity contribution in [2.45, 2.75) is 42.3 Å². The molecule has 0 N–H and O–H groups in total. The summed E-state index contributed by atoms with van der Waals surface area (Å²) in [6.07, 6.45) is -6.49. The van der Waals surface area contributed by atoms with Gasteiger partial charge < -0.3 is 9.29 Å². The van der Waals surface area contributed by atoms with Crippen LogP contribution in [0.25, 0.3) is 20.8 Å². The number of sulfone groups is 1. The van der Waals surface area contributed by atoms with Crippen molar-refractivity contribution in [1.29, 1.82) is 10.5 Å². The standard InChI is InChI=1S/C34H18F6N4O5S2/c1-17-4-6-18(7-5-17)28-25(32(43-2)44-3)13-23-26(16-50(45)46)29-24(31(30(23)28)51(47,48)34(38,39)40)12-22(20(14-41)15-42)27(29)19-8-10-21(11-9-19)49-33(35,36)37/h4-11H,12-13,16H2,1H3,(H,45,46)/p-1. The summed E-state index contributed by atoms with van der Waals surface area (Å²) in [4.78, 5) is 5.09. The molecule has 1 unspecified atom stereocenters. The van der Waals surface area contributed by atoms with Gasteiger partial charge in [0.1, 0.15) is 36.6 Å². The van der Waals surface area contributed by atoms with Crippen LogP contribution >= 0.6 is 0 Å². The average Bonchev–Trinajstić information content (AvgIpc) is 3.61. The van der Waals surface area contributed by atoms with Gasteiger partial charge in [-0.15, -0.1) is 13.2 Å². The van der Waals surface area contributed by atoms with E-state index in [0.717, 1.165) is 24.3 Å². The summed E-state index contributed by atoms with van der Waals surface area (Å²) in [5, 5.41) is 18.7. The van der Waals surface area contributed by atoms with E-state index in [9.17, 15) is 54.0 Å². The third-order valence-electron chi connectivity index (χ3n) is 8.14. The lowest BCUT2D eigenvalue weighted by Gasteiger charge is -2.18. The van der Waals surface area contributed by atoms with Crippen LogP contribution in [0.3, 0.4) is 0 Å². The minimum Gasteiger partial charge on any atom is -0.772 e. The van der Waals surface area contributed by atoms with E-state index in [1.807, 2.05) is 0 Å². The Morgan fingerprint density at radius 1 is 0.882 bits per heavy atom. The minimum atomic E-state index is -6.38. The van der Waals surface area contributed by atoms with E-state index in [4.69, 9.17) is 13.1 Å². The average molecular weight is 740 g/mol. The lowest BCUT2D eigenvalue weighted by Crippen LogP contribution is -2.36. The molecule has 3 aromatic rings. The fourth-order valence-electron chi connectivity index (χ4n) is 6.24. The molecule has 0 saturated carbocycles. The Hall–Kier alpha value is -5.72. The maximum absolute atomic E-state index is 14.7. The second-order valence-corrected chi connectivity index (χ2v) is 13.8. The van der Waals surface area contributed by atoms with Crippen molar-refractivity contribution in [1.82, 2.24) is 0 Å². The smallest absolute Gasteiger partial charge is 0.573 e. The van der Waals surface area contributed by atoms with Crippen molar-refractivity contribution in [3.05, 3.63) is 138 Å². The molecule has 0 aromatic heterocycles. The van der Waals surface area contributed by atoms with Gasteiger partial charge >= 0.3 is 17.7 Å². The number of allylic oxidation sites excluding steroid dienone is 3. The fourth-order valence-corrected chi connectivity index (χ4v) is 8.02. The van der Waals surface area contributed by atoms with Gasteiger partial charge in [0.15, 0.2) is 0 Å². The number of hydrogen-bond donors (Lipinski definition) is 0. The second kappa shape index (κ2) is 13.2. The molecule has 0 fully saturated rings. The van der Waals surface area contributed by atoms with Crippen LogP contribution in [-0.4, -0.2) is 29.1 Å². The molecule has 17 heteroatoms. The Morgan fingerprint density at radius 3 is 1.86 bits per heavy atom. The Kier molecular flexibility index (Phi) is 9.46. The van der Waals surface area contributed by atoms with Crippen molar-refractivity contribution in [3.8, 4) is 17.9 Å². The highest BCUT2D eigenvalue weighted by Crippen LogP contribution is 2.42. The molecule has 0 saturated heterocycles. The summed E-state index contributed by atoms with van der Waals surface area (Å²) < 4.78 is 139. The number of nitriles is 2. The first kappa shape index (κ1) is 36.6. The Morgan fingerprint density at radius 2 is 1.39 bits per heavy atom. The van der Waals surface area contributed by atoms with Gasteiger partial charge in [-0.25, -0.2) is 8.42 Å². The Balaban J connectivity index is 2.16. The molecule has 0 aliphatic heterocycles. The van der Waals surface area contributed by atoms with Crippen molar-refractivity contribution in [2.24, 2.45) is 0 Å². The van der Waals surface area contributed by atoms with E-state index in [2.05, 4.69) is 14.4 Å². The molecule has 0 bridgehead atoms. The fraction of sp³-hybridized carbons (Fsp3) is 0.176. The highest BCUT2D eigenvalue weighted by atomic mass is 32.2. The van der Waals surface area contributed by atoms with E-state index < -0.39 is 89.4 Å². The van der Waals surface area contributed by atoms with Gasteiger partial charge in [0.2, 0.25) is 0 Å². The monoisotopic (exact) mass is 739 g/mol. The van der Waals surface area contributed by atoms with Crippen LogP contribution in [0.1, 0.15) is 33.4 Å². The SMILES string of the molecule is [C-]#[N+]C([N+]#[C-])=C1Cc2c(CS(=O)[O-])c3c(c(S(=O)(=O)C(F)(F)F)c2=C1c1ccc(C)cc1)CC(=C(C#N)C#N)C=3c1ccc(OC(F)(F)F)cc1. The van der Waals surface area contributed by atoms with Crippen LogP contribution in [0.4, 0.5) is 26.3 Å². The predicted octanol–water partition coefficient (Wildman–Crippen LogP) is 5.47. The quantitative estimate of drug-likeness (QED) is 0.141. The zero-order chi connectivity index (χ0) is 37.6. The molecule has 0 amide bonds. The number of hydrogen-bond acceptors (Lipinski definition) is 7. The third-order valence-corrected chi connectivity index (χ3v) is 10.3. The van der Waals surface area contributed by atoms with Crippen molar-refractivity contribution >= 4 is 32.1 Å². The van der Waals surface area contributed by atoms with Crippen LogP contribution in [-0.2, 0) is 39.5 Å². The summed E-state index contributed by atoms with van der Waals surface area (Å²) >= 11 is -3.01. The summed E-state index contributed by atoms with van der Waals surface area (Å²) in [6.45, 7) is 16.9. The molecule has 3 aromatic carbocycles. The van der Waals surface area contributed by atoms with Crippen molar-refractivity contribution in [3.63, 3.8) is 0 Å². The summed E-state index contributed by atoms with van der Waals surface area (Å²) in [5.41, 5.74) is -8.09. The van der Waals surface area contributed by atoms with Crippen LogP contribution in [0, 0.1) is 42.7 Å². The zero-order valence-corrected chi connectivity index (χ0v) is 27.3. The molecule has 1 atom stereocenters. The normalized spacial score (nSPS) is 14.5. The number of halogens is 6. The first-order valence-electron chi connectivity index (χ1n) is 14.2. The molecule has 2 aliphatic carbocycles. The molecule has 0 spiro atoms. The van der Waals surface area contributed by atoms with Gasteiger partial charge in [-0.2, -0.15) is 33.4 Å². The minimum absolute atomic E-state index is 0.111. The first-order valence-corrected chi connectivity index (χ1v) is 16.9. The van der Waals surface area contributed by atoms with E-state index >= 15 is 0 Å². The summed E-state index contributed by atoms with van der Waals surface area (Å²) in [5.74, 6) is -2.28. The number of aryl methyl sites for hydroxylation is 1. The van der Waals surface area contributed by atoms with Gasteiger partial charge in [-0.3, -0.25) is 4.21 Å². The summed E-state index contributed by atoms with van der Waals surface area (Å²) in [6, 6.07) is 12.9. The van der Waals surface area contributed by atoms with Gasteiger partial charge in [0.05, 0.1) is 10.5 Å². The van der Waals surface area contributed by atoms with E-state index in [1.165, 1.54) is 12.1 Å². The highest BCUT2D eigenvalue weighted by Gasteiger charge is 2.51. The predicted molar refractivity (Wildman–Crippen MR) is 167 cm³/mol. The molecular weight excluding hydrogens is 723 g/mol. The topological polar surface area (TPSA) is 140 Å². The molecule has 258 valence electrons. The van der Waals surface area contributed by atoms with E-state index in [0.29, 0.717) is 5.56 Å².